The number of hydrogen-bond acceptors (Lipinski definition) is 5. The van der Waals surface area contributed by atoms with Crippen LogP contribution in [0.5, 0.6) is 0 Å². The van der Waals surface area contributed by atoms with Gasteiger partial charge in [-0.15, -0.1) is 0 Å². The summed E-state index contributed by atoms with van der Waals surface area (Å²) < 4.78 is 17.9. The molecule has 0 unspecified atom stereocenters. The molecule has 2 N–H and O–H groups in total. The Morgan fingerprint density at radius 3 is 2.55 bits per heavy atom. The molecule has 1 amide bonds. The zero-order valence-electron chi connectivity index (χ0n) is 19.9. The topological polar surface area (TPSA) is 68.8 Å². The highest BCUT2D eigenvalue weighted by Crippen LogP contribution is 2.38. The summed E-state index contributed by atoms with van der Waals surface area (Å²) in [7, 11) is -0.554. The van der Waals surface area contributed by atoms with E-state index >= 15 is 0 Å². The van der Waals surface area contributed by atoms with E-state index in [9.17, 15) is 4.79 Å². The number of benzene rings is 2. The summed E-state index contributed by atoms with van der Waals surface area (Å²) in [6.07, 6.45) is 2.59. The number of amides is 1. The molecule has 0 saturated carbocycles. The fraction of sp³-hybridized carbons (Fsp3) is 0.423. The molecule has 2 heterocycles. The monoisotopic (exact) mass is 448 g/mol. The lowest BCUT2D eigenvalue weighted by molar-refractivity contribution is 0.00578. The first-order chi connectivity index (χ1) is 15.7. The van der Waals surface area contributed by atoms with E-state index in [-0.39, 0.29) is 13.2 Å². The Balaban J connectivity index is 1.49. The predicted molar refractivity (Wildman–Crippen MR) is 131 cm³/mol. The van der Waals surface area contributed by atoms with Crippen molar-refractivity contribution in [1.29, 1.82) is 0 Å². The van der Waals surface area contributed by atoms with Crippen molar-refractivity contribution >= 4 is 19.3 Å². The summed E-state index contributed by atoms with van der Waals surface area (Å²) in [5, 5.41) is 6.27. The Bertz CT molecular complexity index is 1000. The van der Waals surface area contributed by atoms with Crippen LogP contribution >= 0.6 is 0 Å². The van der Waals surface area contributed by atoms with Crippen LogP contribution < -0.4 is 10.6 Å². The van der Waals surface area contributed by atoms with Crippen molar-refractivity contribution in [1.82, 2.24) is 10.6 Å². The van der Waals surface area contributed by atoms with E-state index in [2.05, 4.69) is 34.9 Å². The number of carbonyl (C=O) groups is 1. The highest BCUT2D eigenvalue weighted by Gasteiger charge is 2.52. The van der Waals surface area contributed by atoms with Crippen molar-refractivity contribution in [3.63, 3.8) is 0 Å². The van der Waals surface area contributed by atoms with E-state index in [4.69, 9.17) is 14.0 Å². The van der Waals surface area contributed by atoms with Crippen LogP contribution in [0.15, 0.2) is 54.0 Å². The van der Waals surface area contributed by atoms with Gasteiger partial charge in [-0.3, -0.25) is 0 Å². The number of hydrogen-bond donors (Lipinski definition) is 2. The van der Waals surface area contributed by atoms with Crippen LogP contribution in [0, 0.1) is 0 Å². The van der Waals surface area contributed by atoms with Gasteiger partial charge in [0.2, 0.25) is 0 Å². The van der Waals surface area contributed by atoms with Crippen LogP contribution in [-0.2, 0) is 33.6 Å². The minimum atomic E-state index is -0.554. The number of carbonyl (C=O) groups excluding carboxylic acids is 1. The lowest BCUT2D eigenvalue weighted by atomic mass is 9.76. The summed E-state index contributed by atoms with van der Waals surface area (Å²) in [4.78, 5) is 12.4. The zero-order chi connectivity index (χ0) is 23.5. The SMILES string of the molecule is CC1(C)OB(C(=Cc2ccc3c(c2)CCNC3)CNC(=O)OCc2ccccc2)OC1(C)C. The largest absolute Gasteiger partial charge is 0.492 e. The average Bonchev–Trinajstić information content (AvgIpc) is 3.02. The number of rotatable bonds is 6. The van der Waals surface area contributed by atoms with Crippen LogP contribution in [0.1, 0.15) is 49.9 Å². The Labute approximate surface area is 196 Å². The fourth-order valence-corrected chi connectivity index (χ4v) is 3.95. The molecular formula is C26H33BN2O4. The smallest absolute Gasteiger partial charge is 0.445 e. The Hall–Kier alpha value is -2.61. The van der Waals surface area contributed by atoms with Crippen LogP contribution in [0.2, 0.25) is 0 Å². The molecule has 2 aromatic carbocycles. The molecule has 0 spiro atoms. The summed E-state index contributed by atoms with van der Waals surface area (Å²) in [5.41, 5.74) is 4.61. The third-order valence-corrected chi connectivity index (χ3v) is 6.67. The molecule has 0 atom stereocenters. The van der Waals surface area contributed by atoms with Crippen molar-refractivity contribution in [2.75, 3.05) is 13.1 Å². The van der Waals surface area contributed by atoms with Gasteiger partial charge in [0.15, 0.2) is 0 Å². The highest BCUT2D eigenvalue weighted by molar-refractivity contribution is 6.56. The van der Waals surface area contributed by atoms with E-state index in [0.29, 0.717) is 0 Å². The average molecular weight is 448 g/mol. The molecule has 2 aliphatic rings. The maximum atomic E-state index is 12.4. The molecule has 0 bridgehead atoms. The van der Waals surface area contributed by atoms with Crippen molar-refractivity contribution < 1.29 is 18.8 Å². The van der Waals surface area contributed by atoms with E-state index < -0.39 is 24.4 Å². The van der Waals surface area contributed by atoms with E-state index in [1.807, 2.05) is 58.0 Å². The van der Waals surface area contributed by atoms with Gasteiger partial charge in [-0.1, -0.05) is 54.6 Å². The third kappa shape index (κ3) is 5.67. The Kier molecular flexibility index (Phi) is 6.93. The summed E-state index contributed by atoms with van der Waals surface area (Å²) in [5.74, 6) is 0. The van der Waals surface area contributed by atoms with Gasteiger partial charge in [0, 0.05) is 13.1 Å². The standard InChI is InChI=1S/C26H33BN2O4/c1-25(2)26(3,4)33-27(32-25)23(15-20-10-11-22-16-28-13-12-21(22)14-20)17-29-24(30)31-18-19-8-6-5-7-9-19/h5-11,14-15,28H,12-13,16-18H2,1-4H3,(H,29,30). The summed E-state index contributed by atoms with van der Waals surface area (Å²) in [6, 6.07) is 16.1. The summed E-state index contributed by atoms with van der Waals surface area (Å²) >= 11 is 0. The maximum Gasteiger partial charge on any atom is 0.492 e. The molecule has 7 heteroatoms. The zero-order valence-corrected chi connectivity index (χ0v) is 19.9. The van der Waals surface area contributed by atoms with Crippen molar-refractivity contribution in [2.45, 2.75) is 58.5 Å². The molecule has 0 aliphatic carbocycles. The van der Waals surface area contributed by atoms with Gasteiger partial charge in [0.05, 0.1) is 11.2 Å². The lowest BCUT2D eigenvalue weighted by Crippen LogP contribution is -2.41. The predicted octanol–water partition coefficient (Wildman–Crippen LogP) is 4.27. The molecule has 1 fully saturated rings. The minimum absolute atomic E-state index is 0.223. The first-order valence-corrected chi connectivity index (χ1v) is 11.6. The van der Waals surface area contributed by atoms with E-state index in [1.165, 1.54) is 11.1 Å². The van der Waals surface area contributed by atoms with Crippen LogP contribution in [0.3, 0.4) is 0 Å². The summed E-state index contributed by atoms with van der Waals surface area (Å²) in [6.45, 7) is 10.5. The first kappa shape index (κ1) is 23.5. The molecule has 6 nitrogen and oxygen atoms in total. The quantitative estimate of drug-likeness (QED) is 0.646. The van der Waals surface area contributed by atoms with Crippen LogP contribution in [-0.4, -0.2) is 37.5 Å². The molecule has 2 aliphatic heterocycles. The van der Waals surface area contributed by atoms with Crippen LogP contribution in [0.25, 0.3) is 6.08 Å². The molecule has 33 heavy (non-hydrogen) atoms. The van der Waals surface area contributed by atoms with Gasteiger partial charge < -0.3 is 24.7 Å². The normalized spacial score (nSPS) is 19.2. The molecule has 0 radical (unpaired) electrons. The highest BCUT2D eigenvalue weighted by atomic mass is 16.7. The number of ether oxygens (including phenoxy) is 1. The molecule has 174 valence electrons. The second-order valence-corrected chi connectivity index (χ2v) is 9.68. The van der Waals surface area contributed by atoms with Crippen molar-refractivity contribution in [2.24, 2.45) is 0 Å². The maximum absolute atomic E-state index is 12.4. The second-order valence-electron chi connectivity index (χ2n) is 9.68. The molecule has 1 saturated heterocycles. The molecule has 0 aromatic heterocycles. The van der Waals surface area contributed by atoms with Gasteiger partial charge in [-0.05, 0) is 68.4 Å². The molecular weight excluding hydrogens is 415 g/mol. The van der Waals surface area contributed by atoms with Gasteiger partial charge >= 0.3 is 13.2 Å². The molecule has 4 rings (SSSR count). The van der Waals surface area contributed by atoms with Gasteiger partial charge in [0.1, 0.15) is 6.61 Å². The number of alkyl carbamates (subject to hydrolysis) is 1. The Morgan fingerprint density at radius 2 is 1.82 bits per heavy atom. The first-order valence-electron chi connectivity index (χ1n) is 11.6. The Morgan fingerprint density at radius 1 is 1.09 bits per heavy atom. The fourth-order valence-electron chi connectivity index (χ4n) is 3.95. The van der Waals surface area contributed by atoms with Crippen molar-refractivity contribution in [3.05, 3.63) is 76.3 Å². The lowest BCUT2D eigenvalue weighted by Gasteiger charge is -2.32. The number of nitrogens with one attached hydrogen (secondary N) is 2. The van der Waals surface area contributed by atoms with Gasteiger partial charge in [-0.2, -0.15) is 0 Å². The van der Waals surface area contributed by atoms with E-state index in [1.54, 1.807) is 0 Å². The van der Waals surface area contributed by atoms with Crippen LogP contribution in [0.4, 0.5) is 4.79 Å². The van der Waals surface area contributed by atoms with Gasteiger partial charge in [0.25, 0.3) is 0 Å². The van der Waals surface area contributed by atoms with E-state index in [0.717, 1.165) is 36.1 Å². The second kappa shape index (κ2) is 9.71. The van der Waals surface area contributed by atoms with Gasteiger partial charge in [-0.25, -0.2) is 4.79 Å². The third-order valence-electron chi connectivity index (χ3n) is 6.67. The van der Waals surface area contributed by atoms with Crippen molar-refractivity contribution in [3.8, 4) is 0 Å². The number of fused-ring (bicyclic) bond motifs is 1. The molecule has 2 aromatic rings. The minimum Gasteiger partial charge on any atom is -0.445 e.